The Bertz CT molecular complexity index is 441. The number of pyridine rings is 1. The van der Waals surface area contributed by atoms with Crippen LogP contribution in [0.15, 0.2) is 10.9 Å². The van der Waals surface area contributed by atoms with Crippen LogP contribution in [0.2, 0.25) is 0 Å². The number of rotatable bonds is 2. The summed E-state index contributed by atoms with van der Waals surface area (Å²) in [4.78, 5) is 23.6. The normalized spacial score (nSPS) is 10.5. The number of esters is 1. The standard InChI is InChI=1S/C8H6F3NO3/c1-15-8(14)5-3(9)2-4(6(10)11)12-7(5)13/h2,6H,1H3,(H,12,13). The molecule has 82 valence electrons. The van der Waals surface area contributed by atoms with Crippen molar-refractivity contribution in [1.82, 2.24) is 4.98 Å². The lowest BCUT2D eigenvalue weighted by Crippen LogP contribution is -2.22. The molecule has 1 heterocycles. The molecule has 0 spiro atoms. The minimum Gasteiger partial charge on any atom is -0.465 e. The van der Waals surface area contributed by atoms with Gasteiger partial charge in [0, 0.05) is 6.07 Å². The lowest BCUT2D eigenvalue weighted by atomic mass is 10.2. The average molecular weight is 221 g/mol. The minimum absolute atomic E-state index is 0.387. The van der Waals surface area contributed by atoms with E-state index in [-0.39, 0.29) is 0 Å². The van der Waals surface area contributed by atoms with Crippen LogP contribution >= 0.6 is 0 Å². The summed E-state index contributed by atoms with van der Waals surface area (Å²) in [6, 6.07) is 0.387. The van der Waals surface area contributed by atoms with Crippen molar-refractivity contribution < 1.29 is 22.7 Å². The molecule has 1 rings (SSSR count). The SMILES string of the molecule is COC(=O)c1c(F)cc(C(F)F)[nH]c1=O. The third-order valence-corrected chi connectivity index (χ3v) is 1.63. The Kier molecular flexibility index (Phi) is 3.13. The van der Waals surface area contributed by atoms with Crippen molar-refractivity contribution in [2.45, 2.75) is 6.43 Å². The van der Waals surface area contributed by atoms with E-state index in [9.17, 15) is 22.8 Å². The summed E-state index contributed by atoms with van der Waals surface area (Å²) in [5.41, 5.74) is -3.04. The molecule has 1 aromatic heterocycles. The highest BCUT2D eigenvalue weighted by Gasteiger charge is 2.20. The summed E-state index contributed by atoms with van der Waals surface area (Å²) in [6.45, 7) is 0. The van der Waals surface area contributed by atoms with Gasteiger partial charge < -0.3 is 9.72 Å². The zero-order valence-corrected chi connectivity index (χ0v) is 7.51. The first kappa shape index (κ1) is 11.3. The van der Waals surface area contributed by atoms with Crippen LogP contribution in [-0.2, 0) is 4.74 Å². The molecule has 0 aliphatic heterocycles. The van der Waals surface area contributed by atoms with Crippen molar-refractivity contribution in [3.05, 3.63) is 33.5 Å². The van der Waals surface area contributed by atoms with Gasteiger partial charge in [-0.3, -0.25) is 4.79 Å². The Morgan fingerprint density at radius 2 is 2.13 bits per heavy atom. The average Bonchev–Trinajstić information content (AvgIpc) is 2.16. The van der Waals surface area contributed by atoms with E-state index < -0.39 is 35.0 Å². The van der Waals surface area contributed by atoms with Gasteiger partial charge in [-0.15, -0.1) is 0 Å². The number of aromatic nitrogens is 1. The second-order valence-electron chi connectivity index (χ2n) is 2.57. The number of hydrogen-bond donors (Lipinski definition) is 1. The number of alkyl halides is 2. The first-order chi connectivity index (χ1) is 6.97. The number of ether oxygens (including phenoxy) is 1. The highest BCUT2D eigenvalue weighted by atomic mass is 19.3. The lowest BCUT2D eigenvalue weighted by Gasteiger charge is -2.03. The number of carbonyl (C=O) groups excluding carboxylic acids is 1. The first-order valence-corrected chi connectivity index (χ1v) is 3.76. The lowest BCUT2D eigenvalue weighted by molar-refractivity contribution is 0.0592. The molecule has 0 saturated heterocycles. The molecular weight excluding hydrogens is 215 g/mol. The number of hydrogen-bond acceptors (Lipinski definition) is 3. The molecule has 0 fully saturated rings. The highest BCUT2D eigenvalue weighted by Crippen LogP contribution is 2.16. The van der Waals surface area contributed by atoms with Crippen molar-refractivity contribution in [2.24, 2.45) is 0 Å². The molecule has 1 aromatic rings. The maximum absolute atomic E-state index is 13.1. The van der Waals surface area contributed by atoms with E-state index >= 15 is 0 Å². The Labute approximate surface area is 81.7 Å². The second-order valence-corrected chi connectivity index (χ2v) is 2.57. The number of methoxy groups -OCH3 is 1. The van der Waals surface area contributed by atoms with E-state index in [1.54, 1.807) is 4.98 Å². The summed E-state index contributed by atoms with van der Waals surface area (Å²) >= 11 is 0. The van der Waals surface area contributed by atoms with Crippen LogP contribution in [0.5, 0.6) is 0 Å². The predicted octanol–water partition coefficient (Wildman–Crippen LogP) is 1.24. The predicted molar refractivity (Wildman–Crippen MR) is 43.3 cm³/mol. The number of halogens is 3. The van der Waals surface area contributed by atoms with Crippen molar-refractivity contribution >= 4 is 5.97 Å². The molecule has 0 amide bonds. The molecule has 0 bridgehead atoms. The largest absolute Gasteiger partial charge is 0.465 e. The van der Waals surface area contributed by atoms with Gasteiger partial charge in [0.05, 0.1) is 12.8 Å². The van der Waals surface area contributed by atoms with Gasteiger partial charge in [-0.25, -0.2) is 18.0 Å². The van der Waals surface area contributed by atoms with Crippen LogP contribution in [0.25, 0.3) is 0 Å². The Morgan fingerprint density at radius 3 is 2.53 bits per heavy atom. The Hall–Kier alpha value is -1.79. The first-order valence-electron chi connectivity index (χ1n) is 3.76. The molecule has 4 nitrogen and oxygen atoms in total. The Balaban J connectivity index is 3.34. The van der Waals surface area contributed by atoms with Gasteiger partial charge in [-0.1, -0.05) is 0 Å². The summed E-state index contributed by atoms with van der Waals surface area (Å²) in [7, 11) is 0.947. The fraction of sp³-hybridized carbons (Fsp3) is 0.250. The molecule has 0 radical (unpaired) electrons. The number of H-pyrrole nitrogens is 1. The molecule has 0 saturated carbocycles. The van der Waals surface area contributed by atoms with Crippen LogP contribution in [0.3, 0.4) is 0 Å². The third-order valence-electron chi connectivity index (χ3n) is 1.63. The van der Waals surface area contributed by atoms with E-state index in [0.717, 1.165) is 7.11 Å². The molecule has 15 heavy (non-hydrogen) atoms. The van der Waals surface area contributed by atoms with Gasteiger partial charge in [-0.05, 0) is 0 Å². The molecule has 7 heteroatoms. The van der Waals surface area contributed by atoms with Gasteiger partial charge in [0.1, 0.15) is 5.82 Å². The molecular formula is C8H6F3NO3. The molecule has 0 aliphatic rings. The molecule has 0 atom stereocenters. The molecule has 0 aromatic carbocycles. The summed E-state index contributed by atoms with van der Waals surface area (Å²) in [5.74, 6) is -2.55. The Morgan fingerprint density at radius 1 is 1.53 bits per heavy atom. The number of aromatic amines is 1. The topological polar surface area (TPSA) is 59.2 Å². The van der Waals surface area contributed by atoms with Crippen LogP contribution in [0, 0.1) is 5.82 Å². The summed E-state index contributed by atoms with van der Waals surface area (Å²) in [5, 5.41) is 0. The zero-order valence-electron chi connectivity index (χ0n) is 7.51. The molecule has 0 unspecified atom stereocenters. The molecule has 0 aliphatic carbocycles. The second kappa shape index (κ2) is 4.16. The smallest absolute Gasteiger partial charge is 0.346 e. The van der Waals surface area contributed by atoms with Gasteiger partial charge >= 0.3 is 5.97 Å². The fourth-order valence-electron chi connectivity index (χ4n) is 0.957. The summed E-state index contributed by atoms with van der Waals surface area (Å²) in [6.07, 6.45) is -3.01. The fourth-order valence-corrected chi connectivity index (χ4v) is 0.957. The van der Waals surface area contributed by atoms with E-state index in [1.165, 1.54) is 0 Å². The highest BCUT2D eigenvalue weighted by molar-refractivity contribution is 5.89. The van der Waals surface area contributed by atoms with Crippen LogP contribution in [0.4, 0.5) is 13.2 Å². The monoisotopic (exact) mass is 221 g/mol. The van der Waals surface area contributed by atoms with Gasteiger partial charge in [0.25, 0.3) is 12.0 Å². The van der Waals surface area contributed by atoms with Crippen molar-refractivity contribution in [3.8, 4) is 0 Å². The maximum atomic E-state index is 13.1. The van der Waals surface area contributed by atoms with Crippen molar-refractivity contribution in [1.29, 1.82) is 0 Å². The van der Waals surface area contributed by atoms with Gasteiger partial charge in [0.2, 0.25) is 0 Å². The molecule has 1 N–H and O–H groups in total. The van der Waals surface area contributed by atoms with Crippen LogP contribution in [-0.4, -0.2) is 18.1 Å². The van der Waals surface area contributed by atoms with Gasteiger partial charge in [0.15, 0.2) is 5.56 Å². The van der Waals surface area contributed by atoms with Crippen LogP contribution < -0.4 is 5.56 Å². The van der Waals surface area contributed by atoms with E-state index in [4.69, 9.17) is 0 Å². The number of carbonyl (C=O) groups is 1. The summed E-state index contributed by atoms with van der Waals surface area (Å²) < 4.78 is 41.3. The maximum Gasteiger partial charge on any atom is 0.346 e. The quantitative estimate of drug-likeness (QED) is 0.764. The van der Waals surface area contributed by atoms with E-state index in [1.807, 2.05) is 0 Å². The van der Waals surface area contributed by atoms with E-state index in [2.05, 4.69) is 4.74 Å². The van der Waals surface area contributed by atoms with Crippen molar-refractivity contribution in [3.63, 3.8) is 0 Å². The van der Waals surface area contributed by atoms with Crippen molar-refractivity contribution in [2.75, 3.05) is 7.11 Å². The van der Waals surface area contributed by atoms with Crippen LogP contribution in [0.1, 0.15) is 22.5 Å². The van der Waals surface area contributed by atoms with Gasteiger partial charge in [-0.2, -0.15) is 0 Å². The van der Waals surface area contributed by atoms with E-state index in [0.29, 0.717) is 6.07 Å². The third kappa shape index (κ3) is 2.17. The zero-order chi connectivity index (χ0) is 11.6. The number of nitrogens with one attached hydrogen (secondary N) is 1. The minimum atomic E-state index is -3.01.